The van der Waals surface area contributed by atoms with Crippen LogP contribution in [-0.2, 0) is 13.1 Å². The number of nitrogens with zero attached hydrogens (tertiary/aromatic N) is 3. The van der Waals surface area contributed by atoms with E-state index < -0.39 is 0 Å². The standard InChI is InChI=1S/C13H18N4O2/c1-3-17-8-15-16-13(17)7-14-9(2)11-6-10(18)4-5-12(11)19/h4-6,8-9,14,18-19H,3,7H2,1-2H3. The zero-order chi connectivity index (χ0) is 13.8. The first kappa shape index (κ1) is 13.4. The van der Waals surface area contributed by atoms with Crippen LogP contribution in [0.5, 0.6) is 11.5 Å². The second kappa shape index (κ2) is 5.71. The summed E-state index contributed by atoms with van der Waals surface area (Å²) in [7, 11) is 0. The van der Waals surface area contributed by atoms with Gasteiger partial charge in [-0.1, -0.05) is 0 Å². The number of hydrogen-bond acceptors (Lipinski definition) is 5. The molecule has 1 aromatic carbocycles. The first-order chi connectivity index (χ1) is 9.11. The molecule has 1 atom stereocenters. The summed E-state index contributed by atoms with van der Waals surface area (Å²) in [6.45, 7) is 5.30. The van der Waals surface area contributed by atoms with E-state index in [0.29, 0.717) is 12.1 Å². The van der Waals surface area contributed by atoms with Crippen molar-refractivity contribution < 1.29 is 10.2 Å². The summed E-state index contributed by atoms with van der Waals surface area (Å²) in [4.78, 5) is 0. The Morgan fingerprint density at radius 1 is 1.37 bits per heavy atom. The molecule has 0 bridgehead atoms. The molecule has 1 aromatic heterocycles. The third kappa shape index (κ3) is 3.03. The third-order valence-electron chi connectivity index (χ3n) is 3.08. The average molecular weight is 262 g/mol. The summed E-state index contributed by atoms with van der Waals surface area (Å²) in [5.74, 6) is 1.14. The van der Waals surface area contributed by atoms with Gasteiger partial charge in [0.1, 0.15) is 23.7 Å². The molecular weight excluding hydrogens is 244 g/mol. The van der Waals surface area contributed by atoms with Crippen molar-refractivity contribution in [3.63, 3.8) is 0 Å². The third-order valence-corrected chi connectivity index (χ3v) is 3.08. The first-order valence-corrected chi connectivity index (χ1v) is 6.23. The zero-order valence-electron chi connectivity index (χ0n) is 11.0. The fraction of sp³-hybridized carbons (Fsp3) is 0.385. The van der Waals surface area contributed by atoms with Crippen LogP contribution in [-0.4, -0.2) is 25.0 Å². The van der Waals surface area contributed by atoms with Gasteiger partial charge < -0.3 is 20.1 Å². The second-order valence-electron chi connectivity index (χ2n) is 4.38. The molecule has 0 aliphatic heterocycles. The predicted molar refractivity (Wildman–Crippen MR) is 70.7 cm³/mol. The van der Waals surface area contributed by atoms with E-state index in [1.54, 1.807) is 12.4 Å². The van der Waals surface area contributed by atoms with Crippen molar-refractivity contribution in [2.45, 2.75) is 33.0 Å². The van der Waals surface area contributed by atoms with E-state index >= 15 is 0 Å². The molecule has 1 heterocycles. The molecule has 1 unspecified atom stereocenters. The van der Waals surface area contributed by atoms with Gasteiger partial charge in [0.25, 0.3) is 0 Å². The lowest BCUT2D eigenvalue weighted by atomic mass is 10.1. The van der Waals surface area contributed by atoms with Crippen molar-refractivity contribution in [3.05, 3.63) is 35.9 Å². The highest BCUT2D eigenvalue weighted by molar-refractivity contribution is 5.40. The van der Waals surface area contributed by atoms with Crippen LogP contribution in [0.25, 0.3) is 0 Å². The summed E-state index contributed by atoms with van der Waals surface area (Å²) in [5.41, 5.74) is 0.655. The van der Waals surface area contributed by atoms with Gasteiger partial charge in [-0.2, -0.15) is 0 Å². The van der Waals surface area contributed by atoms with E-state index in [1.807, 2.05) is 18.4 Å². The van der Waals surface area contributed by atoms with Gasteiger partial charge >= 0.3 is 0 Å². The lowest BCUT2D eigenvalue weighted by molar-refractivity contribution is 0.438. The van der Waals surface area contributed by atoms with Crippen LogP contribution >= 0.6 is 0 Å². The molecule has 19 heavy (non-hydrogen) atoms. The maximum absolute atomic E-state index is 9.78. The number of hydrogen-bond donors (Lipinski definition) is 3. The van der Waals surface area contributed by atoms with Gasteiger partial charge in [-0.3, -0.25) is 0 Å². The van der Waals surface area contributed by atoms with Crippen molar-refractivity contribution in [3.8, 4) is 11.5 Å². The Morgan fingerprint density at radius 3 is 2.89 bits per heavy atom. The topological polar surface area (TPSA) is 83.2 Å². The van der Waals surface area contributed by atoms with Crippen molar-refractivity contribution >= 4 is 0 Å². The SMILES string of the molecule is CCn1cnnc1CNC(C)c1cc(O)ccc1O. The van der Waals surface area contributed by atoms with Gasteiger partial charge in [0.15, 0.2) is 0 Å². The monoisotopic (exact) mass is 262 g/mol. The number of nitrogens with one attached hydrogen (secondary N) is 1. The molecule has 6 nitrogen and oxygen atoms in total. The molecule has 2 rings (SSSR count). The van der Waals surface area contributed by atoms with E-state index in [1.165, 1.54) is 12.1 Å². The van der Waals surface area contributed by atoms with Crippen molar-refractivity contribution in [2.24, 2.45) is 0 Å². The zero-order valence-corrected chi connectivity index (χ0v) is 11.0. The smallest absolute Gasteiger partial charge is 0.146 e. The summed E-state index contributed by atoms with van der Waals surface area (Å²) < 4.78 is 1.95. The lowest BCUT2D eigenvalue weighted by Crippen LogP contribution is -2.20. The van der Waals surface area contributed by atoms with Crippen LogP contribution in [0.2, 0.25) is 0 Å². The van der Waals surface area contributed by atoms with E-state index in [9.17, 15) is 10.2 Å². The maximum atomic E-state index is 9.78. The molecule has 0 radical (unpaired) electrons. The van der Waals surface area contributed by atoms with E-state index in [2.05, 4.69) is 15.5 Å². The predicted octanol–water partition coefficient (Wildman–Crippen LogP) is 1.56. The van der Waals surface area contributed by atoms with Crippen LogP contribution in [0.1, 0.15) is 31.3 Å². The van der Waals surface area contributed by atoms with Crippen LogP contribution in [0.4, 0.5) is 0 Å². The van der Waals surface area contributed by atoms with Crippen molar-refractivity contribution in [2.75, 3.05) is 0 Å². The van der Waals surface area contributed by atoms with Gasteiger partial charge in [0, 0.05) is 18.2 Å². The Bertz CT molecular complexity index is 553. The normalized spacial score (nSPS) is 12.5. The number of aromatic nitrogens is 3. The molecule has 0 aliphatic rings. The van der Waals surface area contributed by atoms with Gasteiger partial charge in [-0.25, -0.2) is 0 Å². The highest BCUT2D eigenvalue weighted by atomic mass is 16.3. The summed E-state index contributed by atoms with van der Waals surface area (Å²) in [6, 6.07) is 4.39. The van der Waals surface area contributed by atoms with Crippen molar-refractivity contribution in [1.29, 1.82) is 0 Å². The van der Waals surface area contributed by atoms with E-state index in [-0.39, 0.29) is 17.5 Å². The van der Waals surface area contributed by atoms with Crippen LogP contribution in [0.3, 0.4) is 0 Å². The van der Waals surface area contributed by atoms with Gasteiger partial charge in [-0.15, -0.1) is 10.2 Å². The number of benzene rings is 1. The molecular formula is C13H18N4O2. The molecule has 0 fully saturated rings. The highest BCUT2D eigenvalue weighted by Gasteiger charge is 2.12. The molecule has 2 aromatic rings. The fourth-order valence-corrected chi connectivity index (χ4v) is 1.92. The van der Waals surface area contributed by atoms with E-state index in [4.69, 9.17) is 0 Å². The number of phenolic OH excluding ortho intramolecular Hbond substituents is 2. The molecule has 6 heteroatoms. The summed E-state index contributed by atoms with van der Waals surface area (Å²) in [6.07, 6.45) is 1.69. The molecule has 0 spiro atoms. The molecule has 0 amide bonds. The van der Waals surface area contributed by atoms with Crippen molar-refractivity contribution in [1.82, 2.24) is 20.1 Å². The Balaban J connectivity index is 2.05. The summed E-state index contributed by atoms with van der Waals surface area (Å²) in [5, 5.41) is 30.4. The van der Waals surface area contributed by atoms with Gasteiger partial charge in [-0.05, 0) is 32.0 Å². The van der Waals surface area contributed by atoms with E-state index in [0.717, 1.165) is 12.4 Å². The minimum absolute atomic E-state index is 0.103. The second-order valence-corrected chi connectivity index (χ2v) is 4.38. The first-order valence-electron chi connectivity index (χ1n) is 6.23. The Morgan fingerprint density at radius 2 is 2.16 bits per heavy atom. The Hall–Kier alpha value is -2.08. The Labute approximate surface area is 111 Å². The minimum atomic E-state index is -0.103. The fourth-order valence-electron chi connectivity index (χ4n) is 1.92. The Kier molecular flexibility index (Phi) is 4.01. The molecule has 0 saturated heterocycles. The lowest BCUT2D eigenvalue weighted by Gasteiger charge is -2.15. The average Bonchev–Trinajstić information content (AvgIpc) is 2.86. The number of aromatic hydroxyl groups is 2. The molecule has 0 aliphatic carbocycles. The minimum Gasteiger partial charge on any atom is -0.508 e. The number of phenols is 2. The van der Waals surface area contributed by atoms with Crippen LogP contribution in [0, 0.1) is 0 Å². The quantitative estimate of drug-likeness (QED) is 0.712. The number of aryl methyl sites for hydroxylation is 1. The van der Waals surface area contributed by atoms with Crippen LogP contribution in [0.15, 0.2) is 24.5 Å². The van der Waals surface area contributed by atoms with Crippen LogP contribution < -0.4 is 5.32 Å². The van der Waals surface area contributed by atoms with Gasteiger partial charge in [0.2, 0.25) is 0 Å². The van der Waals surface area contributed by atoms with Gasteiger partial charge in [0.05, 0.1) is 6.54 Å². The molecule has 102 valence electrons. The number of rotatable bonds is 5. The highest BCUT2D eigenvalue weighted by Crippen LogP contribution is 2.27. The largest absolute Gasteiger partial charge is 0.508 e. The molecule has 0 saturated carbocycles. The summed E-state index contributed by atoms with van der Waals surface area (Å²) >= 11 is 0. The molecule has 3 N–H and O–H groups in total. The maximum Gasteiger partial charge on any atom is 0.146 e.